The second-order valence-electron chi connectivity index (χ2n) is 3.46. The second-order valence-corrected chi connectivity index (χ2v) is 3.46. The average molecular weight is 171 g/mol. The van der Waals surface area contributed by atoms with Crippen molar-refractivity contribution in [1.29, 1.82) is 0 Å². The van der Waals surface area contributed by atoms with E-state index >= 15 is 0 Å². The summed E-state index contributed by atoms with van der Waals surface area (Å²) in [6.07, 6.45) is 3.47. The zero-order valence-corrected chi connectivity index (χ0v) is 7.13. The van der Waals surface area contributed by atoms with Crippen molar-refractivity contribution in [3.05, 3.63) is 35.5 Å². The highest BCUT2D eigenvalue weighted by Crippen LogP contribution is 2.28. The molecule has 1 aliphatic carbocycles. The van der Waals surface area contributed by atoms with Gasteiger partial charge >= 0.3 is 0 Å². The molecule has 0 unspecified atom stereocenters. The fourth-order valence-corrected chi connectivity index (χ4v) is 2.07. The molecular weight excluding hydrogens is 162 g/mol. The summed E-state index contributed by atoms with van der Waals surface area (Å²) in [6.45, 7) is 0. The standard InChI is InChI=1S/C11H9NO/c13-9-4-3-7-1-2-8-5-6-12-11(8)10(7)9/h1-2,5-6,12H,3-4H2. The van der Waals surface area contributed by atoms with Crippen LogP contribution in [-0.2, 0) is 6.42 Å². The first-order chi connectivity index (χ1) is 6.36. The van der Waals surface area contributed by atoms with E-state index in [9.17, 15) is 4.79 Å². The molecule has 2 heteroatoms. The predicted molar refractivity (Wildman–Crippen MR) is 51.0 cm³/mol. The van der Waals surface area contributed by atoms with Crippen LogP contribution >= 0.6 is 0 Å². The number of fused-ring (bicyclic) bond motifs is 3. The number of aromatic amines is 1. The normalized spacial score (nSPS) is 15.2. The largest absolute Gasteiger partial charge is 0.361 e. The van der Waals surface area contributed by atoms with Gasteiger partial charge in [0.15, 0.2) is 5.78 Å². The number of ketones is 1. The van der Waals surface area contributed by atoms with Gasteiger partial charge in [-0.2, -0.15) is 0 Å². The molecule has 1 aliphatic rings. The van der Waals surface area contributed by atoms with E-state index in [0.29, 0.717) is 6.42 Å². The number of rotatable bonds is 0. The van der Waals surface area contributed by atoms with Crippen LogP contribution in [0.15, 0.2) is 24.4 Å². The van der Waals surface area contributed by atoms with Crippen molar-refractivity contribution in [2.24, 2.45) is 0 Å². The third-order valence-electron chi connectivity index (χ3n) is 2.71. The highest BCUT2D eigenvalue weighted by molar-refractivity contribution is 6.10. The zero-order valence-electron chi connectivity index (χ0n) is 7.13. The Balaban J connectivity index is 2.49. The average Bonchev–Trinajstić information content (AvgIpc) is 2.70. The van der Waals surface area contributed by atoms with E-state index in [1.54, 1.807) is 0 Å². The number of H-pyrrole nitrogens is 1. The minimum absolute atomic E-state index is 0.281. The fourth-order valence-electron chi connectivity index (χ4n) is 2.07. The van der Waals surface area contributed by atoms with Crippen molar-refractivity contribution >= 4 is 16.7 Å². The molecule has 1 aromatic carbocycles. The number of nitrogens with one attached hydrogen (secondary N) is 1. The monoisotopic (exact) mass is 171 g/mol. The third kappa shape index (κ3) is 0.800. The van der Waals surface area contributed by atoms with Crippen molar-refractivity contribution in [2.75, 3.05) is 0 Å². The minimum Gasteiger partial charge on any atom is -0.361 e. The molecule has 2 aromatic rings. The van der Waals surface area contributed by atoms with E-state index in [1.807, 2.05) is 12.3 Å². The lowest BCUT2D eigenvalue weighted by Gasteiger charge is -1.98. The molecule has 0 bridgehead atoms. The Morgan fingerprint density at radius 1 is 1.15 bits per heavy atom. The Hall–Kier alpha value is -1.57. The van der Waals surface area contributed by atoms with E-state index in [1.165, 1.54) is 5.56 Å². The van der Waals surface area contributed by atoms with Gasteiger partial charge in [0, 0.05) is 23.6 Å². The van der Waals surface area contributed by atoms with Crippen molar-refractivity contribution in [3.8, 4) is 0 Å². The van der Waals surface area contributed by atoms with Crippen molar-refractivity contribution < 1.29 is 4.79 Å². The molecule has 2 nitrogen and oxygen atoms in total. The van der Waals surface area contributed by atoms with E-state index in [-0.39, 0.29) is 5.78 Å². The quantitative estimate of drug-likeness (QED) is 0.648. The number of hydrogen-bond acceptors (Lipinski definition) is 1. The van der Waals surface area contributed by atoms with Crippen LogP contribution in [0.25, 0.3) is 10.9 Å². The highest BCUT2D eigenvalue weighted by Gasteiger charge is 2.21. The van der Waals surface area contributed by atoms with Gasteiger partial charge in [-0.15, -0.1) is 0 Å². The Morgan fingerprint density at radius 3 is 3.00 bits per heavy atom. The smallest absolute Gasteiger partial charge is 0.165 e. The molecule has 1 heterocycles. The molecule has 0 aliphatic heterocycles. The van der Waals surface area contributed by atoms with Gasteiger partial charge in [-0.05, 0) is 18.1 Å². The van der Waals surface area contributed by atoms with Crippen molar-refractivity contribution in [3.63, 3.8) is 0 Å². The Kier molecular flexibility index (Phi) is 1.18. The molecule has 0 spiro atoms. The van der Waals surface area contributed by atoms with Gasteiger partial charge in [-0.25, -0.2) is 0 Å². The molecule has 0 atom stereocenters. The SMILES string of the molecule is O=C1CCc2ccc3cc[nH]c3c21. The highest BCUT2D eigenvalue weighted by atomic mass is 16.1. The number of aromatic nitrogens is 1. The lowest BCUT2D eigenvalue weighted by atomic mass is 10.1. The van der Waals surface area contributed by atoms with Crippen LogP contribution in [0.4, 0.5) is 0 Å². The molecule has 0 amide bonds. The number of carbonyl (C=O) groups is 1. The van der Waals surface area contributed by atoms with Crippen molar-refractivity contribution in [2.45, 2.75) is 12.8 Å². The van der Waals surface area contributed by atoms with Gasteiger partial charge in [0.2, 0.25) is 0 Å². The summed E-state index contributed by atoms with van der Waals surface area (Å²) in [5.74, 6) is 0.281. The molecule has 0 fully saturated rings. The van der Waals surface area contributed by atoms with Gasteiger partial charge in [0.05, 0.1) is 5.52 Å². The maximum atomic E-state index is 11.6. The number of hydrogen-bond donors (Lipinski definition) is 1. The molecule has 0 saturated heterocycles. The number of Topliss-reactive ketones (excluding diaryl/α,β-unsaturated/α-hetero) is 1. The predicted octanol–water partition coefficient (Wildman–Crippen LogP) is 2.30. The summed E-state index contributed by atoms with van der Waals surface area (Å²) in [7, 11) is 0. The van der Waals surface area contributed by atoms with Crippen LogP contribution in [0.2, 0.25) is 0 Å². The second kappa shape index (κ2) is 2.22. The third-order valence-corrected chi connectivity index (χ3v) is 2.71. The Bertz CT molecular complexity index is 496. The Morgan fingerprint density at radius 2 is 2.08 bits per heavy atom. The maximum Gasteiger partial charge on any atom is 0.165 e. The first-order valence-electron chi connectivity index (χ1n) is 4.48. The van der Waals surface area contributed by atoms with Gasteiger partial charge in [-0.3, -0.25) is 4.79 Å². The summed E-state index contributed by atoms with van der Waals surface area (Å²) in [5.41, 5.74) is 3.13. The number of carbonyl (C=O) groups excluding carboxylic acids is 1. The summed E-state index contributed by atoms with van der Waals surface area (Å²) >= 11 is 0. The van der Waals surface area contributed by atoms with E-state index in [2.05, 4.69) is 17.1 Å². The van der Waals surface area contributed by atoms with Gasteiger partial charge in [-0.1, -0.05) is 12.1 Å². The number of benzene rings is 1. The molecule has 1 aromatic heterocycles. The fraction of sp³-hybridized carbons (Fsp3) is 0.182. The van der Waals surface area contributed by atoms with Crippen LogP contribution in [0.5, 0.6) is 0 Å². The molecular formula is C11H9NO. The lowest BCUT2D eigenvalue weighted by molar-refractivity contribution is 0.0996. The molecule has 3 rings (SSSR count). The van der Waals surface area contributed by atoms with Crippen molar-refractivity contribution in [1.82, 2.24) is 4.98 Å². The Labute approximate surface area is 75.6 Å². The summed E-state index contributed by atoms with van der Waals surface area (Å²) in [5, 5.41) is 1.13. The molecule has 64 valence electrons. The van der Waals surface area contributed by atoms with E-state index < -0.39 is 0 Å². The molecule has 0 saturated carbocycles. The minimum atomic E-state index is 0.281. The van der Waals surface area contributed by atoms with Crippen LogP contribution in [0.3, 0.4) is 0 Å². The molecule has 1 N–H and O–H groups in total. The first kappa shape index (κ1) is 6.89. The van der Waals surface area contributed by atoms with Gasteiger partial charge in [0.25, 0.3) is 0 Å². The summed E-state index contributed by atoms with van der Waals surface area (Å²) in [6, 6.07) is 6.14. The van der Waals surface area contributed by atoms with E-state index in [4.69, 9.17) is 0 Å². The molecule has 13 heavy (non-hydrogen) atoms. The van der Waals surface area contributed by atoms with Crippen LogP contribution in [0.1, 0.15) is 22.3 Å². The van der Waals surface area contributed by atoms with Crippen LogP contribution < -0.4 is 0 Å². The van der Waals surface area contributed by atoms with Crippen LogP contribution in [0, 0.1) is 0 Å². The summed E-state index contributed by atoms with van der Waals surface area (Å²) in [4.78, 5) is 14.7. The summed E-state index contributed by atoms with van der Waals surface area (Å²) < 4.78 is 0. The van der Waals surface area contributed by atoms with E-state index in [0.717, 1.165) is 22.9 Å². The first-order valence-corrected chi connectivity index (χ1v) is 4.48. The maximum absolute atomic E-state index is 11.6. The zero-order chi connectivity index (χ0) is 8.84. The topological polar surface area (TPSA) is 32.9 Å². The van der Waals surface area contributed by atoms with Crippen LogP contribution in [-0.4, -0.2) is 10.8 Å². The van der Waals surface area contributed by atoms with Gasteiger partial charge in [0.1, 0.15) is 0 Å². The van der Waals surface area contributed by atoms with Gasteiger partial charge < -0.3 is 4.98 Å². The molecule has 0 radical (unpaired) electrons. The number of aryl methyl sites for hydroxylation is 1. The lowest BCUT2D eigenvalue weighted by Crippen LogP contribution is -1.92.